The molecule has 0 atom stereocenters. The summed E-state index contributed by atoms with van der Waals surface area (Å²) in [7, 11) is 1.51. The van der Waals surface area contributed by atoms with Crippen LogP contribution < -0.4 is 9.47 Å². The minimum Gasteiger partial charge on any atom is -0.493 e. The van der Waals surface area contributed by atoms with Crippen LogP contribution in [0.4, 0.5) is 0 Å². The van der Waals surface area contributed by atoms with Gasteiger partial charge in [0.05, 0.1) is 16.2 Å². The van der Waals surface area contributed by atoms with Gasteiger partial charge >= 0.3 is 5.97 Å². The third-order valence-corrected chi connectivity index (χ3v) is 3.77. The van der Waals surface area contributed by atoms with Crippen LogP contribution >= 0.6 is 22.6 Å². The molecule has 22 heavy (non-hydrogen) atoms. The fraction of sp³-hybridized carbons (Fsp3) is 0.125. The zero-order chi connectivity index (χ0) is 16.1. The van der Waals surface area contributed by atoms with Crippen LogP contribution in [0.1, 0.15) is 26.3 Å². The number of rotatable bonds is 6. The first-order valence-corrected chi connectivity index (χ1v) is 7.40. The Morgan fingerprint density at radius 1 is 1.27 bits per heavy atom. The maximum atomic E-state index is 10.9. The van der Waals surface area contributed by atoms with Crippen molar-refractivity contribution in [1.29, 1.82) is 0 Å². The standard InChI is InChI=1S/C16H13IO5/c1-21-14-7-11(8-18)6-13(17)15(14)22-9-10-2-4-12(5-3-10)16(19)20/h2-8H,9H2,1H3,(H,19,20). The van der Waals surface area contributed by atoms with Gasteiger partial charge in [-0.2, -0.15) is 0 Å². The molecule has 0 saturated heterocycles. The Kier molecular flexibility index (Phi) is 5.37. The number of benzene rings is 2. The highest BCUT2D eigenvalue weighted by molar-refractivity contribution is 14.1. The van der Waals surface area contributed by atoms with Gasteiger partial charge in [-0.15, -0.1) is 0 Å². The number of carboxylic acids is 1. The van der Waals surface area contributed by atoms with E-state index in [1.54, 1.807) is 24.3 Å². The second-order valence-corrected chi connectivity index (χ2v) is 5.60. The van der Waals surface area contributed by atoms with Crippen molar-refractivity contribution >= 4 is 34.8 Å². The van der Waals surface area contributed by atoms with Crippen molar-refractivity contribution in [3.63, 3.8) is 0 Å². The van der Waals surface area contributed by atoms with Crippen molar-refractivity contribution in [2.45, 2.75) is 6.61 Å². The molecule has 2 aromatic rings. The summed E-state index contributed by atoms with van der Waals surface area (Å²) in [5.74, 6) is 0.0697. The number of ether oxygens (including phenoxy) is 2. The fourth-order valence-electron chi connectivity index (χ4n) is 1.85. The number of hydrogen-bond acceptors (Lipinski definition) is 4. The summed E-state index contributed by atoms with van der Waals surface area (Å²) >= 11 is 2.07. The fourth-order valence-corrected chi connectivity index (χ4v) is 2.63. The third-order valence-electron chi connectivity index (χ3n) is 2.97. The number of methoxy groups -OCH3 is 1. The molecular formula is C16H13IO5. The van der Waals surface area contributed by atoms with E-state index in [4.69, 9.17) is 14.6 Å². The highest BCUT2D eigenvalue weighted by Gasteiger charge is 2.12. The number of aromatic carboxylic acids is 1. The van der Waals surface area contributed by atoms with Gasteiger partial charge in [0.1, 0.15) is 12.9 Å². The van der Waals surface area contributed by atoms with Crippen LogP contribution in [0.5, 0.6) is 11.5 Å². The smallest absolute Gasteiger partial charge is 0.335 e. The van der Waals surface area contributed by atoms with E-state index >= 15 is 0 Å². The van der Waals surface area contributed by atoms with E-state index in [0.29, 0.717) is 17.1 Å². The Balaban J connectivity index is 2.17. The molecule has 2 rings (SSSR count). The monoisotopic (exact) mass is 412 g/mol. The number of carboxylic acid groups (broad SMARTS) is 1. The molecule has 0 aliphatic carbocycles. The molecule has 1 N–H and O–H groups in total. The van der Waals surface area contributed by atoms with Crippen LogP contribution in [-0.2, 0) is 6.61 Å². The first kappa shape index (κ1) is 16.3. The van der Waals surface area contributed by atoms with Crippen LogP contribution in [0.15, 0.2) is 36.4 Å². The molecule has 0 spiro atoms. The lowest BCUT2D eigenvalue weighted by Crippen LogP contribution is -2.02. The van der Waals surface area contributed by atoms with E-state index in [1.807, 2.05) is 0 Å². The van der Waals surface area contributed by atoms with Crippen molar-refractivity contribution in [2.75, 3.05) is 7.11 Å². The topological polar surface area (TPSA) is 72.8 Å². The number of carbonyl (C=O) groups is 2. The lowest BCUT2D eigenvalue weighted by atomic mass is 10.1. The van der Waals surface area contributed by atoms with E-state index in [1.165, 1.54) is 19.2 Å². The molecule has 6 heteroatoms. The Morgan fingerprint density at radius 3 is 2.50 bits per heavy atom. The van der Waals surface area contributed by atoms with E-state index < -0.39 is 5.97 Å². The average molecular weight is 412 g/mol. The molecule has 0 radical (unpaired) electrons. The summed E-state index contributed by atoms with van der Waals surface area (Å²) in [5.41, 5.74) is 1.58. The van der Waals surface area contributed by atoms with Crippen molar-refractivity contribution in [2.24, 2.45) is 0 Å². The molecule has 114 valence electrons. The second-order valence-electron chi connectivity index (χ2n) is 4.44. The van der Waals surface area contributed by atoms with Crippen molar-refractivity contribution in [3.05, 3.63) is 56.7 Å². The van der Waals surface area contributed by atoms with Crippen molar-refractivity contribution in [1.82, 2.24) is 0 Å². The lowest BCUT2D eigenvalue weighted by Gasteiger charge is -2.13. The maximum Gasteiger partial charge on any atom is 0.335 e. The van der Waals surface area contributed by atoms with Gasteiger partial charge in [0.15, 0.2) is 11.5 Å². The maximum absolute atomic E-state index is 10.9. The van der Waals surface area contributed by atoms with E-state index in [-0.39, 0.29) is 12.2 Å². The Hall–Kier alpha value is -2.09. The molecule has 0 bridgehead atoms. The minimum atomic E-state index is -0.965. The zero-order valence-corrected chi connectivity index (χ0v) is 13.9. The molecule has 0 fully saturated rings. The Bertz CT molecular complexity index is 694. The molecule has 0 amide bonds. The SMILES string of the molecule is COc1cc(C=O)cc(I)c1OCc1ccc(C(=O)O)cc1. The predicted octanol–water partition coefficient (Wildman–Crippen LogP) is 3.39. The Labute approximate surface area is 141 Å². The van der Waals surface area contributed by atoms with Gasteiger partial charge in [-0.25, -0.2) is 4.79 Å². The minimum absolute atomic E-state index is 0.228. The molecule has 0 aliphatic heterocycles. The summed E-state index contributed by atoms with van der Waals surface area (Å²) in [6.45, 7) is 0.271. The third kappa shape index (κ3) is 3.76. The van der Waals surface area contributed by atoms with Crippen LogP contribution in [0.2, 0.25) is 0 Å². The largest absolute Gasteiger partial charge is 0.493 e. The molecule has 0 heterocycles. The van der Waals surface area contributed by atoms with Gasteiger partial charge < -0.3 is 14.6 Å². The molecule has 0 saturated carbocycles. The molecule has 0 aliphatic rings. The highest BCUT2D eigenvalue weighted by atomic mass is 127. The van der Waals surface area contributed by atoms with Crippen LogP contribution in [0.25, 0.3) is 0 Å². The summed E-state index contributed by atoms with van der Waals surface area (Å²) in [6.07, 6.45) is 0.749. The van der Waals surface area contributed by atoms with E-state index in [0.717, 1.165) is 15.4 Å². The molecule has 5 nitrogen and oxygen atoms in total. The number of carbonyl (C=O) groups excluding carboxylic acids is 1. The first-order chi connectivity index (χ1) is 10.5. The van der Waals surface area contributed by atoms with Crippen molar-refractivity contribution < 1.29 is 24.2 Å². The number of hydrogen-bond donors (Lipinski definition) is 1. The zero-order valence-electron chi connectivity index (χ0n) is 11.7. The summed E-state index contributed by atoms with van der Waals surface area (Å²) in [6, 6.07) is 9.76. The van der Waals surface area contributed by atoms with E-state index in [9.17, 15) is 9.59 Å². The van der Waals surface area contributed by atoms with Gasteiger partial charge in [-0.05, 0) is 52.4 Å². The summed E-state index contributed by atoms with van der Waals surface area (Å²) in [4.78, 5) is 21.7. The summed E-state index contributed by atoms with van der Waals surface area (Å²) in [5, 5.41) is 8.86. The molecule has 2 aromatic carbocycles. The Morgan fingerprint density at radius 2 is 1.95 bits per heavy atom. The first-order valence-electron chi connectivity index (χ1n) is 6.33. The van der Waals surface area contributed by atoms with Gasteiger partial charge in [0.2, 0.25) is 0 Å². The molecule has 0 aromatic heterocycles. The van der Waals surface area contributed by atoms with Gasteiger partial charge in [-0.1, -0.05) is 12.1 Å². The average Bonchev–Trinajstić information content (AvgIpc) is 2.53. The predicted molar refractivity (Wildman–Crippen MR) is 88.8 cm³/mol. The molecule has 0 unspecified atom stereocenters. The van der Waals surface area contributed by atoms with Crippen LogP contribution in [0, 0.1) is 3.57 Å². The number of halogens is 1. The summed E-state index contributed by atoms with van der Waals surface area (Å²) < 4.78 is 11.8. The molecular weight excluding hydrogens is 399 g/mol. The quantitative estimate of drug-likeness (QED) is 0.582. The van der Waals surface area contributed by atoms with Crippen LogP contribution in [0.3, 0.4) is 0 Å². The van der Waals surface area contributed by atoms with Crippen LogP contribution in [-0.4, -0.2) is 24.5 Å². The second kappa shape index (κ2) is 7.26. The van der Waals surface area contributed by atoms with Crippen molar-refractivity contribution in [3.8, 4) is 11.5 Å². The van der Waals surface area contributed by atoms with E-state index in [2.05, 4.69) is 22.6 Å². The van der Waals surface area contributed by atoms with Gasteiger partial charge in [-0.3, -0.25) is 4.79 Å². The van der Waals surface area contributed by atoms with Gasteiger partial charge in [0, 0.05) is 5.56 Å². The number of aldehydes is 1. The van der Waals surface area contributed by atoms with Gasteiger partial charge in [0.25, 0.3) is 0 Å². The normalized spacial score (nSPS) is 10.1. The highest BCUT2D eigenvalue weighted by Crippen LogP contribution is 2.34. The lowest BCUT2D eigenvalue weighted by molar-refractivity contribution is 0.0696.